The summed E-state index contributed by atoms with van der Waals surface area (Å²) in [4.78, 5) is 5.31. The van der Waals surface area contributed by atoms with Crippen LogP contribution in [0.25, 0.3) is 0 Å². The minimum absolute atomic E-state index is 0.120. The molecule has 1 atom stereocenters. The Balaban J connectivity index is 1.47. The van der Waals surface area contributed by atoms with Crippen molar-refractivity contribution in [2.75, 3.05) is 0 Å². The molecule has 34 heavy (non-hydrogen) atoms. The Morgan fingerprint density at radius 2 is 1.82 bits per heavy atom. The normalized spacial score (nSPS) is 13.9. The lowest BCUT2D eigenvalue weighted by molar-refractivity contribution is 0.182. The van der Waals surface area contributed by atoms with Gasteiger partial charge in [0.25, 0.3) is 0 Å². The number of hydrogen-bond acceptors (Lipinski definition) is 3. The Hall–Kier alpha value is -2.40. The number of hydrogen-bond donors (Lipinski definition) is 0. The Morgan fingerprint density at radius 1 is 0.971 bits per heavy atom. The van der Waals surface area contributed by atoms with Gasteiger partial charge in [-0.15, -0.1) is 11.8 Å². The van der Waals surface area contributed by atoms with E-state index in [2.05, 4.69) is 45.9 Å². The molecule has 4 aromatic rings. The van der Waals surface area contributed by atoms with Crippen LogP contribution in [0.1, 0.15) is 41.2 Å². The van der Waals surface area contributed by atoms with Gasteiger partial charge in [-0.05, 0) is 66.6 Å². The van der Waals surface area contributed by atoms with E-state index < -0.39 is 0 Å². The van der Waals surface area contributed by atoms with Gasteiger partial charge in [-0.25, -0.2) is 4.98 Å². The Morgan fingerprint density at radius 3 is 2.62 bits per heavy atom. The van der Waals surface area contributed by atoms with E-state index in [4.69, 9.17) is 27.9 Å². The third kappa shape index (κ3) is 5.46. The molecule has 5 rings (SSSR count). The Labute approximate surface area is 215 Å². The molecular weight excluding hydrogens is 483 g/mol. The van der Waals surface area contributed by atoms with E-state index in [1.54, 1.807) is 18.0 Å². The summed E-state index contributed by atoms with van der Waals surface area (Å²) in [6.07, 6.45) is 10.2. The van der Waals surface area contributed by atoms with Gasteiger partial charge >= 0.3 is 0 Å². The predicted octanol–water partition coefficient (Wildman–Crippen LogP) is 8.18. The fourth-order valence-corrected chi connectivity index (χ4v) is 5.85. The van der Waals surface area contributed by atoms with Gasteiger partial charge in [-0.3, -0.25) is 0 Å². The molecule has 3 nitrogen and oxygen atoms in total. The molecule has 1 aliphatic rings. The first-order valence-corrected chi connectivity index (χ1v) is 13.3. The number of imidazole rings is 1. The van der Waals surface area contributed by atoms with Gasteiger partial charge in [0.2, 0.25) is 0 Å². The summed E-state index contributed by atoms with van der Waals surface area (Å²) in [5.74, 6) is 1.78. The number of thioether (sulfide) groups is 1. The Kier molecular flexibility index (Phi) is 7.48. The first kappa shape index (κ1) is 23.3. The molecule has 3 aromatic carbocycles. The molecular formula is C28H26Cl2N2OS. The first-order valence-electron chi connectivity index (χ1n) is 11.6. The first-order chi connectivity index (χ1) is 16.7. The minimum Gasteiger partial charge on any atom is -0.484 e. The molecule has 0 spiro atoms. The largest absolute Gasteiger partial charge is 0.484 e. The molecule has 0 saturated heterocycles. The van der Waals surface area contributed by atoms with E-state index in [0.29, 0.717) is 16.6 Å². The van der Waals surface area contributed by atoms with E-state index in [1.807, 2.05) is 36.8 Å². The smallest absolute Gasteiger partial charge is 0.142 e. The number of aromatic nitrogens is 2. The van der Waals surface area contributed by atoms with Crippen LogP contribution in [0.5, 0.6) is 5.75 Å². The van der Waals surface area contributed by atoms with Gasteiger partial charge in [0, 0.05) is 28.6 Å². The molecule has 6 heteroatoms. The number of aryl methyl sites for hydroxylation is 1. The predicted molar refractivity (Wildman–Crippen MR) is 141 cm³/mol. The molecule has 0 N–H and O–H groups in total. The van der Waals surface area contributed by atoms with Crippen LogP contribution in [0.2, 0.25) is 10.0 Å². The van der Waals surface area contributed by atoms with Gasteiger partial charge in [0.1, 0.15) is 11.9 Å². The molecule has 0 saturated carbocycles. The molecule has 0 radical (unpaired) electrons. The lowest BCUT2D eigenvalue weighted by Gasteiger charge is -2.26. The molecule has 174 valence electrons. The number of rotatable bonds is 8. The highest BCUT2D eigenvalue weighted by Gasteiger charge is 2.21. The second kappa shape index (κ2) is 10.9. The molecule has 0 amide bonds. The molecule has 1 heterocycles. The minimum atomic E-state index is -0.120. The van der Waals surface area contributed by atoms with Crippen LogP contribution in [-0.2, 0) is 25.1 Å². The zero-order valence-electron chi connectivity index (χ0n) is 18.8. The highest BCUT2D eigenvalue weighted by atomic mass is 35.5. The van der Waals surface area contributed by atoms with Crippen molar-refractivity contribution < 1.29 is 4.74 Å². The third-order valence-corrected chi connectivity index (χ3v) is 8.02. The van der Waals surface area contributed by atoms with Crippen LogP contribution >= 0.6 is 35.0 Å². The molecule has 0 bridgehead atoms. The van der Waals surface area contributed by atoms with E-state index in [9.17, 15) is 0 Å². The maximum Gasteiger partial charge on any atom is 0.142 e. The fourth-order valence-electron chi connectivity index (χ4n) is 4.49. The second-order valence-corrected chi connectivity index (χ2v) is 10.4. The molecule has 1 aliphatic carbocycles. The summed E-state index contributed by atoms with van der Waals surface area (Å²) in [5, 5.41) is 1.17. The third-order valence-electron chi connectivity index (χ3n) is 6.26. The van der Waals surface area contributed by atoms with Crippen LogP contribution in [0, 0.1) is 0 Å². The van der Waals surface area contributed by atoms with Crippen LogP contribution in [0.4, 0.5) is 0 Å². The average Bonchev–Trinajstić information content (AvgIpc) is 3.38. The summed E-state index contributed by atoms with van der Waals surface area (Å²) in [7, 11) is 0. The van der Waals surface area contributed by atoms with E-state index in [-0.39, 0.29) is 6.10 Å². The van der Waals surface area contributed by atoms with Gasteiger partial charge in [-0.1, -0.05) is 59.6 Å². The number of benzene rings is 3. The number of fused-ring (bicyclic) bond motifs is 1. The summed E-state index contributed by atoms with van der Waals surface area (Å²) < 4.78 is 8.86. The van der Waals surface area contributed by atoms with Crippen molar-refractivity contribution in [2.45, 2.75) is 49.0 Å². The topological polar surface area (TPSA) is 27.1 Å². The number of ether oxygens (including phenoxy) is 1. The van der Waals surface area contributed by atoms with Crippen LogP contribution < -0.4 is 4.74 Å². The van der Waals surface area contributed by atoms with Crippen molar-refractivity contribution in [1.29, 1.82) is 0 Å². The number of nitrogens with zero attached hydrogens (tertiary/aromatic N) is 2. The van der Waals surface area contributed by atoms with Crippen molar-refractivity contribution >= 4 is 35.0 Å². The van der Waals surface area contributed by atoms with E-state index in [0.717, 1.165) is 34.8 Å². The van der Waals surface area contributed by atoms with Crippen molar-refractivity contribution in [1.82, 2.24) is 9.55 Å². The van der Waals surface area contributed by atoms with Gasteiger partial charge in [0.05, 0.1) is 22.9 Å². The summed E-state index contributed by atoms with van der Waals surface area (Å²) in [6, 6.07) is 20.7. The quantitative estimate of drug-likeness (QED) is 0.224. The summed E-state index contributed by atoms with van der Waals surface area (Å²) in [5.41, 5.74) is 5.34. The summed E-state index contributed by atoms with van der Waals surface area (Å²) in [6.45, 7) is 0.695. The van der Waals surface area contributed by atoms with Crippen molar-refractivity contribution in [2.24, 2.45) is 0 Å². The Bertz CT molecular complexity index is 1250. The SMILES string of the molecule is Clc1ccc(SCc2c(O[C@H](Cn3ccnc3)c3ccccc3)ccc3c2CCCC3)cc1Cl. The summed E-state index contributed by atoms with van der Waals surface area (Å²) >= 11 is 14.2. The lowest BCUT2D eigenvalue weighted by atomic mass is 9.88. The van der Waals surface area contributed by atoms with Crippen LogP contribution in [-0.4, -0.2) is 9.55 Å². The zero-order valence-corrected chi connectivity index (χ0v) is 21.1. The van der Waals surface area contributed by atoms with Gasteiger partial charge < -0.3 is 9.30 Å². The molecule has 1 aromatic heterocycles. The highest BCUT2D eigenvalue weighted by molar-refractivity contribution is 7.98. The van der Waals surface area contributed by atoms with Gasteiger partial charge in [0.15, 0.2) is 0 Å². The fraction of sp³-hybridized carbons (Fsp3) is 0.250. The maximum atomic E-state index is 6.79. The maximum absolute atomic E-state index is 6.79. The lowest BCUT2D eigenvalue weighted by Crippen LogP contribution is -2.16. The highest BCUT2D eigenvalue weighted by Crippen LogP contribution is 2.38. The second-order valence-electron chi connectivity index (χ2n) is 8.53. The van der Waals surface area contributed by atoms with E-state index in [1.165, 1.54) is 29.5 Å². The molecule has 0 fully saturated rings. The van der Waals surface area contributed by atoms with E-state index >= 15 is 0 Å². The molecule has 0 unspecified atom stereocenters. The average molecular weight is 510 g/mol. The van der Waals surface area contributed by atoms with Crippen molar-refractivity contribution in [3.63, 3.8) is 0 Å². The zero-order chi connectivity index (χ0) is 23.3. The van der Waals surface area contributed by atoms with Crippen LogP contribution in [0.15, 0.2) is 84.3 Å². The standard InChI is InChI=1S/C28H26Cl2N2OS/c29-25-12-11-22(16-26(25)30)34-18-24-23-9-5-4-6-20(23)10-13-27(24)33-28(17-32-15-14-31-19-32)21-7-2-1-3-8-21/h1-3,7-8,10-16,19,28H,4-6,9,17-18H2/t28-/m1/s1. The monoisotopic (exact) mass is 508 g/mol. The molecule has 0 aliphatic heterocycles. The van der Waals surface area contributed by atoms with Crippen LogP contribution in [0.3, 0.4) is 0 Å². The van der Waals surface area contributed by atoms with Gasteiger partial charge in [-0.2, -0.15) is 0 Å². The number of halogens is 2. The van der Waals surface area contributed by atoms with Crippen molar-refractivity contribution in [3.8, 4) is 5.75 Å². The van der Waals surface area contributed by atoms with Crippen molar-refractivity contribution in [3.05, 3.63) is 112 Å².